The number of benzene rings is 1. The fourth-order valence-electron chi connectivity index (χ4n) is 1.13. The molecule has 1 aromatic carbocycles. The number of aryl methyl sites for hydroxylation is 1. The molecule has 14 heavy (non-hydrogen) atoms. The van der Waals surface area contributed by atoms with Crippen LogP contribution in [-0.4, -0.2) is 6.29 Å². The van der Waals surface area contributed by atoms with Crippen LogP contribution in [0.1, 0.15) is 24.0 Å². The van der Waals surface area contributed by atoms with Crippen LogP contribution in [0.15, 0.2) is 18.2 Å². The maximum absolute atomic E-state index is 13.0. The molecule has 0 spiro atoms. The fourth-order valence-corrected chi connectivity index (χ4v) is 1.13. The van der Waals surface area contributed by atoms with E-state index in [4.69, 9.17) is 0 Å². The third-order valence-electron chi connectivity index (χ3n) is 1.85. The first-order valence-electron chi connectivity index (χ1n) is 4.15. The number of rotatable bonds is 4. The molecular weight excluding hydrogens is 193 g/mol. The molecule has 0 aliphatic carbocycles. The van der Waals surface area contributed by atoms with Crippen LogP contribution in [0.5, 0.6) is 0 Å². The van der Waals surface area contributed by atoms with Gasteiger partial charge in [0.15, 0.2) is 0 Å². The van der Waals surface area contributed by atoms with Gasteiger partial charge in [-0.05, 0) is 18.1 Å². The highest BCUT2D eigenvalue weighted by molar-refractivity contribution is 5.50. The summed E-state index contributed by atoms with van der Waals surface area (Å²) in [6.45, 7) is 0. The minimum atomic E-state index is -2.80. The van der Waals surface area contributed by atoms with Crippen molar-refractivity contribution in [2.24, 2.45) is 0 Å². The van der Waals surface area contributed by atoms with Crippen molar-refractivity contribution in [3.05, 3.63) is 35.1 Å². The van der Waals surface area contributed by atoms with Gasteiger partial charge in [0, 0.05) is 6.42 Å². The van der Waals surface area contributed by atoms with Gasteiger partial charge in [-0.3, -0.25) is 0 Å². The average Bonchev–Trinajstić information content (AvgIpc) is 2.14. The van der Waals surface area contributed by atoms with Gasteiger partial charge < -0.3 is 4.79 Å². The minimum Gasteiger partial charge on any atom is -0.303 e. The molecule has 76 valence electrons. The number of hydrogen-bond acceptors (Lipinski definition) is 1. The van der Waals surface area contributed by atoms with E-state index in [9.17, 15) is 18.0 Å². The van der Waals surface area contributed by atoms with Crippen molar-refractivity contribution in [1.29, 1.82) is 0 Å². The Kier molecular flexibility index (Phi) is 3.68. The Morgan fingerprint density at radius 3 is 2.57 bits per heavy atom. The summed E-state index contributed by atoms with van der Waals surface area (Å²) in [5.74, 6) is -0.914. The van der Waals surface area contributed by atoms with E-state index < -0.39 is 17.8 Å². The summed E-state index contributed by atoms with van der Waals surface area (Å²) in [6.07, 6.45) is -1.44. The maximum Gasteiger partial charge on any atom is 0.266 e. The standard InChI is InChI=1S/C10H9F3O/c11-9-6-7(2-1-5-14)3-4-8(9)10(12)13/h3-6,10H,1-2H2. The van der Waals surface area contributed by atoms with Crippen molar-refractivity contribution in [3.63, 3.8) is 0 Å². The van der Waals surface area contributed by atoms with Crippen LogP contribution in [-0.2, 0) is 11.2 Å². The molecule has 0 aliphatic rings. The minimum absolute atomic E-state index is 0.271. The van der Waals surface area contributed by atoms with E-state index in [-0.39, 0.29) is 6.42 Å². The second kappa shape index (κ2) is 4.79. The molecule has 1 nitrogen and oxygen atoms in total. The molecule has 1 aromatic rings. The van der Waals surface area contributed by atoms with E-state index in [1.165, 1.54) is 6.07 Å². The van der Waals surface area contributed by atoms with Gasteiger partial charge in [-0.2, -0.15) is 0 Å². The lowest BCUT2D eigenvalue weighted by molar-refractivity contribution is -0.107. The summed E-state index contributed by atoms with van der Waals surface area (Å²) >= 11 is 0. The maximum atomic E-state index is 13.0. The lowest BCUT2D eigenvalue weighted by atomic mass is 10.1. The van der Waals surface area contributed by atoms with Gasteiger partial charge in [-0.25, -0.2) is 13.2 Å². The number of carbonyl (C=O) groups is 1. The number of hydrogen-bond donors (Lipinski definition) is 0. The molecule has 0 radical (unpaired) electrons. The molecule has 0 saturated heterocycles. The summed E-state index contributed by atoms with van der Waals surface area (Å²) in [7, 11) is 0. The normalized spacial score (nSPS) is 10.6. The van der Waals surface area contributed by atoms with Crippen molar-refractivity contribution in [3.8, 4) is 0 Å². The Morgan fingerprint density at radius 2 is 2.07 bits per heavy atom. The predicted molar refractivity (Wildman–Crippen MR) is 45.7 cm³/mol. The molecule has 0 heterocycles. The average molecular weight is 202 g/mol. The smallest absolute Gasteiger partial charge is 0.266 e. The lowest BCUT2D eigenvalue weighted by Gasteiger charge is -2.03. The van der Waals surface area contributed by atoms with Crippen molar-refractivity contribution >= 4 is 6.29 Å². The first-order chi connectivity index (χ1) is 6.65. The largest absolute Gasteiger partial charge is 0.303 e. The molecule has 0 fully saturated rings. The van der Waals surface area contributed by atoms with E-state index in [1.807, 2.05) is 0 Å². The first kappa shape index (κ1) is 10.8. The van der Waals surface area contributed by atoms with Gasteiger partial charge >= 0.3 is 0 Å². The van der Waals surface area contributed by atoms with E-state index in [0.29, 0.717) is 18.3 Å². The number of alkyl halides is 2. The highest BCUT2D eigenvalue weighted by Gasteiger charge is 2.12. The fraction of sp³-hybridized carbons (Fsp3) is 0.300. The van der Waals surface area contributed by atoms with Gasteiger partial charge in [0.05, 0.1) is 5.56 Å². The number of halogens is 3. The Morgan fingerprint density at radius 1 is 1.36 bits per heavy atom. The molecule has 0 unspecified atom stereocenters. The van der Waals surface area contributed by atoms with Crippen LogP contribution in [0.2, 0.25) is 0 Å². The molecular formula is C10H9F3O. The van der Waals surface area contributed by atoms with Crippen molar-refractivity contribution in [2.45, 2.75) is 19.3 Å². The summed E-state index contributed by atoms with van der Waals surface area (Å²) < 4.78 is 37.2. The summed E-state index contributed by atoms with van der Waals surface area (Å²) in [5, 5.41) is 0. The van der Waals surface area contributed by atoms with Crippen LogP contribution >= 0.6 is 0 Å². The van der Waals surface area contributed by atoms with E-state index in [2.05, 4.69) is 0 Å². The van der Waals surface area contributed by atoms with Crippen molar-refractivity contribution in [1.82, 2.24) is 0 Å². The van der Waals surface area contributed by atoms with E-state index in [0.717, 1.165) is 12.1 Å². The highest BCUT2D eigenvalue weighted by Crippen LogP contribution is 2.22. The molecule has 0 aromatic heterocycles. The summed E-state index contributed by atoms with van der Waals surface area (Å²) in [4.78, 5) is 10.0. The van der Waals surface area contributed by atoms with Gasteiger partial charge in [0.25, 0.3) is 6.43 Å². The first-order valence-corrected chi connectivity index (χ1v) is 4.15. The molecule has 0 amide bonds. The third-order valence-corrected chi connectivity index (χ3v) is 1.85. The van der Waals surface area contributed by atoms with Gasteiger partial charge in [0.1, 0.15) is 12.1 Å². The number of carbonyl (C=O) groups excluding carboxylic acids is 1. The summed E-state index contributed by atoms with van der Waals surface area (Å²) in [6, 6.07) is 3.51. The van der Waals surface area contributed by atoms with Crippen molar-refractivity contribution in [2.75, 3.05) is 0 Å². The van der Waals surface area contributed by atoms with Crippen LogP contribution < -0.4 is 0 Å². The van der Waals surface area contributed by atoms with Gasteiger partial charge in [0.2, 0.25) is 0 Å². The molecule has 0 N–H and O–H groups in total. The zero-order chi connectivity index (χ0) is 10.6. The monoisotopic (exact) mass is 202 g/mol. The molecule has 4 heteroatoms. The topological polar surface area (TPSA) is 17.1 Å². The Balaban J connectivity index is 2.83. The Labute approximate surface area is 79.5 Å². The van der Waals surface area contributed by atoms with Gasteiger partial charge in [-0.15, -0.1) is 0 Å². The number of aldehydes is 1. The zero-order valence-electron chi connectivity index (χ0n) is 7.34. The van der Waals surface area contributed by atoms with Gasteiger partial charge in [-0.1, -0.05) is 12.1 Å². The van der Waals surface area contributed by atoms with Crippen molar-refractivity contribution < 1.29 is 18.0 Å². The zero-order valence-corrected chi connectivity index (χ0v) is 7.34. The predicted octanol–water partition coefficient (Wildman–Crippen LogP) is 2.89. The highest BCUT2D eigenvalue weighted by atomic mass is 19.3. The van der Waals surface area contributed by atoms with E-state index >= 15 is 0 Å². The molecule has 0 aliphatic heterocycles. The van der Waals surface area contributed by atoms with Crippen LogP contribution in [0.25, 0.3) is 0 Å². The third kappa shape index (κ3) is 2.58. The second-order valence-electron chi connectivity index (χ2n) is 2.86. The van der Waals surface area contributed by atoms with Crippen LogP contribution in [0.4, 0.5) is 13.2 Å². The van der Waals surface area contributed by atoms with E-state index in [1.54, 1.807) is 0 Å². The summed E-state index contributed by atoms with van der Waals surface area (Å²) in [5.41, 5.74) is -0.0427. The quantitative estimate of drug-likeness (QED) is 0.686. The lowest BCUT2D eigenvalue weighted by Crippen LogP contribution is -1.94. The van der Waals surface area contributed by atoms with Crippen LogP contribution in [0.3, 0.4) is 0 Å². The molecule has 0 atom stereocenters. The van der Waals surface area contributed by atoms with Crippen LogP contribution in [0, 0.1) is 5.82 Å². The molecule has 0 bridgehead atoms. The second-order valence-corrected chi connectivity index (χ2v) is 2.86. The Hall–Kier alpha value is -1.32. The SMILES string of the molecule is O=CCCc1ccc(C(F)F)c(F)c1. The molecule has 0 saturated carbocycles. The molecule has 1 rings (SSSR count). The Bertz CT molecular complexity index is 323.